The maximum atomic E-state index is 11.9. The zero-order chi connectivity index (χ0) is 14.5. The molecule has 20 heavy (non-hydrogen) atoms. The molecule has 0 aliphatic carbocycles. The van der Waals surface area contributed by atoms with Crippen molar-refractivity contribution in [2.75, 3.05) is 5.75 Å². The Bertz CT molecular complexity index is 786. The number of hydrogen-bond acceptors (Lipinski definition) is 6. The van der Waals surface area contributed by atoms with Gasteiger partial charge in [0.25, 0.3) is 5.56 Å². The molecule has 1 aromatic carbocycles. The SMILES string of the molecule is N#Cc1ccc(C(=O)CSc2n[nH]c(=O)[nH]c2=O)cc1. The molecule has 0 unspecified atom stereocenters. The van der Waals surface area contributed by atoms with Crippen LogP contribution in [0.3, 0.4) is 0 Å². The number of ketones is 1. The lowest BCUT2D eigenvalue weighted by Crippen LogP contribution is -2.25. The smallest absolute Gasteiger partial charge is 0.293 e. The van der Waals surface area contributed by atoms with Crippen molar-refractivity contribution < 1.29 is 4.79 Å². The summed E-state index contributed by atoms with van der Waals surface area (Å²) in [5, 5.41) is 14.3. The molecule has 2 rings (SSSR count). The Balaban J connectivity index is 2.06. The van der Waals surface area contributed by atoms with Gasteiger partial charge in [-0.2, -0.15) is 10.4 Å². The highest BCUT2D eigenvalue weighted by Gasteiger charge is 2.10. The molecule has 1 aromatic heterocycles. The number of thioether (sulfide) groups is 1. The third-order valence-electron chi connectivity index (χ3n) is 2.36. The van der Waals surface area contributed by atoms with Gasteiger partial charge in [0.1, 0.15) is 0 Å². The molecule has 0 spiro atoms. The van der Waals surface area contributed by atoms with E-state index in [1.165, 1.54) is 0 Å². The molecule has 2 N–H and O–H groups in total. The number of benzene rings is 1. The van der Waals surface area contributed by atoms with E-state index in [1.807, 2.05) is 11.1 Å². The van der Waals surface area contributed by atoms with Crippen LogP contribution in [0.1, 0.15) is 15.9 Å². The lowest BCUT2D eigenvalue weighted by atomic mass is 10.1. The second-order valence-electron chi connectivity index (χ2n) is 3.71. The molecular weight excluding hydrogens is 280 g/mol. The van der Waals surface area contributed by atoms with Gasteiger partial charge in [-0.05, 0) is 12.1 Å². The molecule has 0 radical (unpaired) electrons. The maximum absolute atomic E-state index is 11.9. The molecule has 0 aliphatic heterocycles. The van der Waals surface area contributed by atoms with Crippen LogP contribution in [0.5, 0.6) is 0 Å². The van der Waals surface area contributed by atoms with Crippen LogP contribution in [0, 0.1) is 11.3 Å². The number of aromatic amines is 2. The fourth-order valence-corrected chi connectivity index (χ4v) is 2.11. The Kier molecular flexibility index (Phi) is 4.12. The molecule has 0 saturated heterocycles. The molecule has 100 valence electrons. The number of rotatable bonds is 4. The van der Waals surface area contributed by atoms with E-state index in [0.29, 0.717) is 11.1 Å². The second-order valence-corrected chi connectivity index (χ2v) is 4.68. The van der Waals surface area contributed by atoms with Gasteiger partial charge >= 0.3 is 5.69 Å². The second kappa shape index (κ2) is 5.99. The van der Waals surface area contributed by atoms with Crippen LogP contribution in [-0.4, -0.2) is 26.7 Å². The van der Waals surface area contributed by atoms with Gasteiger partial charge in [-0.3, -0.25) is 14.6 Å². The van der Waals surface area contributed by atoms with Crippen molar-refractivity contribution in [3.63, 3.8) is 0 Å². The number of nitrogens with zero attached hydrogens (tertiary/aromatic N) is 2. The summed E-state index contributed by atoms with van der Waals surface area (Å²) in [5.74, 6) is -0.194. The van der Waals surface area contributed by atoms with Gasteiger partial charge in [0.05, 0.1) is 17.4 Å². The molecule has 0 bridgehead atoms. The largest absolute Gasteiger partial charge is 0.342 e. The lowest BCUT2D eigenvalue weighted by molar-refractivity contribution is 0.102. The average molecular weight is 288 g/mol. The first kappa shape index (κ1) is 13.8. The minimum Gasteiger partial charge on any atom is -0.293 e. The first-order chi connectivity index (χ1) is 9.60. The summed E-state index contributed by atoms with van der Waals surface area (Å²) in [5.41, 5.74) is -0.422. The van der Waals surface area contributed by atoms with Crippen LogP contribution in [0.4, 0.5) is 0 Å². The van der Waals surface area contributed by atoms with Crippen LogP contribution >= 0.6 is 11.8 Å². The molecule has 8 heteroatoms. The van der Waals surface area contributed by atoms with Gasteiger partial charge in [-0.15, -0.1) is 0 Å². The van der Waals surface area contributed by atoms with Crippen molar-refractivity contribution in [3.8, 4) is 6.07 Å². The minimum atomic E-state index is -0.697. The highest BCUT2D eigenvalue weighted by atomic mass is 32.2. The summed E-state index contributed by atoms with van der Waals surface area (Å²) < 4.78 is 0. The van der Waals surface area contributed by atoms with Gasteiger partial charge in [-0.25, -0.2) is 9.89 Å². The van der Waals surface area contributed by atoms with Gasteiger partial charge in [-0.1, -0.05) is 23.9 Å². The van der Waals surface area contributed by atoms with E-state index in [9.17, 15) is 14.4 Å². The van der Waals surface area contributed by atoms with Crippen molar-refractivity contribution in [1.29, 1.82) is 5.26 Å². The van der Waals surface area contributed by atoms with E-state index < -0.39 is 11.2 Å². The van der Waals surface area contributed by atoms with E-state index in [4.69, 9.17) is 5.26 Å². The van der Waals surface area contributed by atoms with E-state index in [2.05, 4.69) is 10.2 Å². The Morgan fingerprint density at radius 2 is 2.00 bits per heavy atom. The van der Waals surface area contributed by atoms with Crippen LogP contribution in [0.2, 0.25) is 0 Å². The van der Waals surface area contributed by atoms with Crippen molar-refractivity contribution in [2.24, 2.45) is 0 Å². The Labute approximate surface area is 116 Å². The summed E-state index contributed by atoms with van der Waals surface area (Å²) >= 11 is 0.929. The Hall–Kier alpha value is -2.66. The molecular formula is C12H8N4O3S. The van der Waals surface area contributed by atoms with Crippen molar-refractivity contribution in [1.82, 2.24) is 15.2 Å². The summed E-state index contributed by atoms with van der Waals surface area (Å²) in [6, 6.07) is 8.14. The molecule has 0 saturated carbocycles. The fourth-order valence-electron chi connectivity index (χ4n) is 1.38. The van der Waals surface area contributed by atoms with Crippen LogP contribution < -0.4 is 11.2 Å². The highest BCUT2D eigenvalue weighted by molar-refractivity contribution is 7.99. The number of carbonyl (C=O) groups excluding carboxylic acids is 1. The summed E-state index contributed by atoms with van der Waals surface area (Å²) in [6.07, 6.45) is 0. The number of nitriles is 1. The Morgan fingerprint density at radius 1 is 1.30 bits per heavy atom. The number of Topliss-reactive ketones (excluding diaryl/α,β-unsaturated/α-hetero) is 1. The number of aromatic nitrogens is 3. The van der Waals surface area contributed by atoms with Crippen molar-refractivity contribution in [3.05, 3.63) is 56.2 Å². The normalized spacial score (nSPS) is 9.95. The summed E-state index contributed by atoms with van der Waals surface area (Å²) in [6.45, 7) is 0. The third kappa shape index (κ3) is 3.21. The highest BCUT2D eigenvalue weighted by Crippen LogP contribution is 2.12. The number of nitrogens with one attached hydrogen (secondary N) is 2. The molecule has 1 heterocycles. The quantitative estimate of drug-likeness (QED) is 0.617. The van der Waals surface area contributed by atoms with E-state index >= 15 is 0 Å². The zero-order valence-corrected chi connectivity index (χ0v) is 10.9. The van der Waals surface area contributed by atoms with Crippen LogP contribution in [-0.2, 0) is 0 Å². The van der Waals surface area contributed by atoms with E-state index in [1.54, 1.807) is 24.3 Å². The third-order valence-corrected chi connectivity index (χ3v) is 3.31. The lowest BCUT2D eigenvalue weighted by Gasteiger charge is -2.00. The number of carbonyl (C=O) groups is 1. The first-order valence-electron chi connectivity index (χ1n) is 5.45. The average Bonchev–Trinajstić information content (AvgIpc) is 2.46. The van der Waals surface area contributed by atoms with E-state index in [0.717, 1.165) is 11.8 Å². The van der Waals surface area contributed by atoms with Gasteiger partial charge in [0.15, 0.2) is 10.8 Å². The predicted octanol–water partition coefficient (Wildman–Crippen LogP) is 0.305. The van der Waals surface area contributed by atoms with Crippen LogP contribution in [0.25, 0.3) is 0 Å². The minimum absolute atomic E-state index is 0.00796. The molecule has 0 aliphatic rings. The van der Waals surface area contributed by atoms with Gasteiger partial charge in [0.2, 0.25) is 0 Å². The summed E-state index contributed by atoms with van der Waals surface area (Å²) in [7, 11) is 0. The summed E-state index contributed by atoms with van der Waals surface area (Å²) in [4.78, 5) is 36.1. The maximum Gasteiger partial charge on any atom is 0.342 e. The molecule has 0 amide bonds. The predicted molar refractivity (Wildman–Crippen MR) is 71.7 cm³/mol. The van der Waals surface area contributed by atoms with Crippen molar-refractivity contribution >= 4 is 17.5 Å². The standard InChI is InChI=1S/C12H8N4O3S/c13-5-7-1-3-8(4-2-7)9(17)6-20-11-10(18)14-12(19)16-15-11/h1-4H,6H2,(H2,14,16,18,19). The molecule has 0 atom stereocenters. The van der Waals surface area contributed by atoms with Crippen molar-refractivity contribution in [2.45, 2.75) is 5.03 Å². The van der Waals surface area contributed by atoms with E-state index in [-0.39, 0.29) is 16.6 Å². The first-order valence-corrected chi connectivity index (χ1v) is 6.44. The number of H-pyrrole nitrogens is 2. The Morgan fingerprint density at radius 3 is 2.60 bits per heavy atom. The fraction of sp³-hybridized carbons (Fsp3) is 0.0833. The topological polar surface area (TPSA) is 119 Å². The number of hydrogen-bond donors (Lipinski definition) is 2. The van der Waals surface area contributed by atoms with Crippen LogP contribution in [0.15, 0.2) is 38.9 Å². The zero-order valence-electron chi connectivity index (χ0n) is 10.0. The molecule has 7 nitrogen and oxygen atoms in total. The monoisotopic (exact) mass is 288 g/mol. The molecule has 2 aromatic rings. The molecule has 0 fully saturated rings. The van der Waals surface area contributed by atoms with Gasteiger partial charge < -0.3 is 0 Å². The van der Waals surface area contributed by atoms with Gasteiger partial charge in [0, 0.05) is 5.56 Å².